The summed E-state index contributed by atoms with van der Waals surface area (Å²) in [6.07, 6.45) is 1.96. The van der Waals surface area contributed by atoms with E-state index in [1.807, 2.05) is 28.9 Å². The first-order valence-electron chi connectivity index (χ1n) is 13.8. The number of aromatic nitrogens is 2. The summed E-state index contributed by atoms with van der Waals surface area (Å²) in [4.78, 5) is 28.7. The van der Waals surface area contributed by atoms with E-state index < -0.39 is 0 Å². The lowest BCUT2D eigenvalue weighted by atomic mass is 9.87. The van der Waals surface area contributed by atoms with Gasteiger partial charge in [-0.05, 0) is 49.6 Å². The van der Waals surface area contributed by atoms with Gasteiger partial charge in [-0.1, -0.05) is 50.6 Å². The van der Waals surface area contributed by atoms with Crippen LogP contribution < -0.4 is 15.0 Å². The molecule has 3 aromatic rings. The monoisotopic (exact) mass is 562 g/mol. The molecule has 5 rings (SSSR count). The molecule has 2 amide bonds. The molecule has 0 aliphatic carbocycles. The minimum atomic E-state index is -0.314. The zero-order valence-corrected chi connectivity index (χ0v) is 24.7. The van der Waals surface area contributed by atoms with E-state index >= 15 is 0 Å². The maximum Gasteiger partial charge on any atom is 0.240 e. The van der Waals surface area contributed by atoms with E-state index in [4.69, 9.17) is 14.6 Å². The lowest BCUT2D eigenvalue weighted by Crippen LogP contribution is -2.44. The molecule has 1 N–H and O–H groups in total. The number of rotatable bonds is 7. The van der Waals surface area contributed by atoms with E-state index in [9.17, 15) is 9.59 Å². The van der Waals surface area contributed by atoms with Gasteiger partial charge < -0.3 is 14.8 Å². The summed E-state index contributed by atoms with van der Waals surface area (Å²) >= 11 is 1.59. The summed E-state index contributed by atoms with van der Waals surface area (Å²) in [5.41, 5.74) is 4.61. The lowest BCUT2D eigenvalue weighted by Gasteiger charge is -2.25. The largest absolute Gasteiger partial charge is 0.497 e. The Morgan fingerprint density at radius 2 is 1.98 bits per heavy atom. The van der Waals surface area contributed by atoms with Gasteiger partial charge in [-0.25, -0.2) is 4.68 Å². The smallest absolute Gasteiger partial charge is 0.240 e. The predicted molar refractivity (Wildman–Crippen MR) is 159 cm³/mol. The number of anilines is 1. The van der Waals surface area contributed by atoms with Crippen molar-refractivity contribution in [2.24, 2.45) is 0 Å². The first-order valence-corrected chi connectivity index (χ1v) is 14.8. The maximum absolute atomic E-state index is 13.8. The van der Waals surface area contributed by atoms with Crippen LogP contribution in [0.5, 0.6) is 5.75 Å². The van der Waals surface area contributed by atoms with Crippen LogP contribution in [0.25, 0.3) is 5.69 Å². The molecular formula is C31H38N4O4S. The molecule has 2 atom stereocenters. The number of methoxy groups -OCH3 is 1. The third-order valence-corrected chi connectivity index (χ3v) is 8.57. The zero-order valence-electron chi connectivity index (χ0n) is 23.9. The number of ether oxygens (including phenoxy) is 2. The van der Waals surface area contributed by atoms with E-state index in [-0.39, 0.29) is 40.9 Å². The molecule has 1 saturated heterocycles. The van der Waals surface area contributed by atoms with Crippen molar-refractivity contribution in [3.05, 3.63) is 70.9 Å². The second kappa shape index (κ2) is 11.7. The predicted octanol–water partition coefficient (Wildman–Crippen LogP) is 4.95. The molecule has 0 bridgehead atoms. The Morgan fingerprint density at radius 3 is 2.62 bits per heavy atom. The number of carbonyl (C=O) groups is 2. The standard InChI is InChI=1S/C31H38N4O4S/c1-20-8-6-9-21(16-20)28-27-29(31(2,3)4)33-35(22-11-13-23(38-5)14-12-22)30(27)34(26(37)19-40-28)18-25(36)32-17-24-10-7-15-39-24/h6,8-9,11-14,16,24,28H,7,10,15,17-19H2,1-5H3,(H,32,36). The molecule has 2 aromatic carbocycles. The third kappa shape index (κ3) is 5.90. The number of nitrogens with one attached hydrogen (secondary N) is 1. The summed E-state index contributed by atoms with van der Waals surface area (Å²) in [5.74, 6) is 1.28. The van der Waals surface area contributed by atoms with Gasteiger partial charge in [-0.15, -0.1) is 11.8 Å². The second-order valence-corrected chi connectivity index (χ2v) is 12.6. The first kappa shape index (κ1) is 28.2. The van der Waals surface area contributed by atoms with Gasteiger partial charge in [-0.2, -0.15) is 5.10 Å². The fourth-order valence-electron chi connectivity index (χ4n) is 5.31. The Hall–Kier alpha value is -3.30. The van der Waals surface area contributed by atoms with E-state index in [1.54, 1.807) is 23.8 Å². The average Bonchev–Trinajstić information content (AvgIpc) is 3.56. The SMILES string of the molecule is COc1ccc(-n2nc(C(C)(C)C)c3c2N(CC(=O)NCC2CCCO2)C(=O)CSC3c2cccc(C)c2)cc1. The van der Waals surface area contributed by atoms with Crippen LogP contribution >= 0.6 is 11.8 Å². The van der Waals surface area contributed by atoms with Gasteiger partial charge in [0.15, 0.2) is 0 Å². The molecule has 1 aromatic heterocycles. The van der Waals surface area contributed by atoms with Crippen LogP contribution in [0.1, 0.15) is 61.2 Å². The number of fused-ring (bicyclic) bond motifs is 1. The van der Waals surface area contributed by atoms with Gasteiger partial charge >= 0.3 is 0 Å². The molecule has 2 unspecified atom stereocenters. The minimum absolute atomic E-state index is 0.0259. The van der Waals surface area contributed by atoms with Gasteiger partial charge in [0.2, 0.25) is 11.8 Å². The fraction of sp³-hybridized carbons (Fsp3) is 0.452. The van der Waals surface area contributed by atoms with E-state index in [0.29, 0.717) is 12.4 Å². The molecule has 2 aliphatic heterocycles. The molecule has 3 heterocycles. The highest BCUT2D eigenvalue weighted by Gasteiger charge is 2.40. The minimum Gasteiger partial charge on any atom is -0.497 e. The summed E-state index contributed by atoms with van der Waals surface area (Å²) in [5, 5.41) is 8.02. The maximum atomic E-state index is 13.8. The van der Waals surface area contributed by atoms with Crippen molar-refractivity contribution >= 4 is 29.4 Å². The highest BCUT2D eigenvalue weighted by atomic mass is 32.2. The second-order valence-electron chi connectivity index (χ2n) is 11.5. The van der Waals surface area contributed by atoms with Crippen molar-refractivity contribution < 1.29 is 19.1 Å². The zero-order chi connectivity index (χ0) is 28.4. The lowest BCUT2D eigenvalue weighted by molar-refractivity contribution is -0.123. The van der Waals surface area contributed by atoms with E-state index in [2.05, 4.69) is 57.3 Å². The van der Waals surface area contributed by atoms with Gasteiger partial charge in [0.25, 0.3) is 0 Å². The van der Waals surface area contributed by atoms with Gasteiger partial charge in [0.05, 0.1) is 35.6 Å². The van der Waals surface area contributed by atoms with E-state index in [0.717, 1.165) is 53.3 Å². The van der Waals surface area contributed by atoms with E-state index in [1.165, 1.54) is 0 Å². The molecule has 212 valence electrons. The topological polar surface area (TPSA) is 85.7 Å². The molecule has 9 heteroatoms. The Morgan fingerprint density at radius 1 is 1.20 bits per heavy atom. The van der Waals surface area contributed by atoms with Gasteiger partial charge in [0.1, 0.15) is 18.1 Å². The van der Waals surface area contributed by atoms with Crippen LogP contribution in [-0.2, 0) is 19.7 Å². The van der Waals surface area contributed by atoms with Crippen LogP contribution in [0.4, 0.5) is 5.82 Å². The normalized spacial score (nSPS) is 19.3. The van der Waals surface area contributed by atoms with Gasteiger partial charge in [-0.3, -0.25) is 14.5 Å². The fourth-order valence-corrected chi connectivity index (χ4v) is 6.49. The van der Waals surface area contributed by atoms with Crippen LogP contribution in [0.15, 0.2) is 48.5 Å². The molecule has 0 saturated carbocycles. The first-order chi connectivity index (χ1) is 19.2. The highest BCUT2D eigenvalue weighted by molar-refractivity contribution is 8.00. The molecule has 0 spiro atoms. The van der Waals surface area contributed by atoms with Crippen molar-refractivity contribution in [3.63, 3.8) is 0 Å². The quantitative estimate of drug-likeness (QED) is 0.439. The average molecular weight is 563 g/mol. The number of hydrogen-bond acceptors (Lipinski definition) is 6. The molecule has 40 heavy (non-hydrogen) atoms. The van der Waals surface area contributed by atoms with Gasteiger partial charge in [0, 0.05) is 24.1 Å². The Bertz CT molecular complexity index is 1370. The number of hydrogen-bond donors (Lipinski definition) is 1. The van der Waals surface area contributed by atoms with Crippen LogP contribution in [0.3, 0.4) is 0 Å². The van der Waals surface area contributed by atoms with Crippen LogP contribution in [-0.4, -0.2) is 60.3 Å². The molecular weight excluding hydrogens is 524 g/mol. The van der Waals surface area contributed by atoms with Crippen LogP contribution in [0, 0.1) is 6.92 Å². The van der Waals surface area contributed by atoms with Crippen molar-refractivity contribution in [1.82, 2.24) is 15.1 Å². The van der Waals surface area contributed by atoms with Crippen molar-refractivity contribution in [3.8, 4) is 11.4 Å². The van der Waals surface area contributed by atoms with Crippen LogP contribution in [0.2, 0.25) is 0 Å². The summed E-state index contributed by atoms with van der Waals surface area (Å²) < 4.78 is 12.9. The number of benzene rings is 2. The summed E-state index contributed by atoms with van der Waals surface area (Å²) in [7, 11) is 1.63. The van der Waals surface area contributed by atoms with Crippen molar-refractivity contribution in [2.75, 3.05) is 37.5 Å². The molecule has 2 aliphatic rings. The molecule has 1 fully saturated rings. The number of aryl methyl sites for hydroxylation is 1. The highest BCUT2D eigenvalue weighted by Crippen LogP contribution is 2.48. The number of thioether (sulfide) groups is 1. The number of carbonyl (C=O) groups excluding carboxylic acids is 2. The third-order valence-electron chi connectivity index (χ3n) is 7.31. The molecule has 0 radical (unpaired) electrons. The van der Waals surface area contributed by atoms with Crippen molar-refractivity contribution in [2.45, 2.75) is 57.3 Å². The number of nitrogens with zero attached hydrogens (tertiary/aromatic N) is 3. The van der Waals surface area contributed by atoms with Crippen molar-refractivity contribution in [1.29, 1.82) is 0 Å². The summed E-state index contributed by atoms with van der Waals surface area (Å²) in [6.45, 7) is 9.56. The Labute approximate surface area is 240 Å². The Balaban J connectivity index is 1.65. The summed E-state index contributed by atoms with van der Waals surface area (Å²) in [6, 6.07) is 16.0. The molecule has 8 nitrogen and oxygen atoms in total. The number of amides is 2. The Kier molecular flexibility index (Phi) is 8.24.